The number of aliphatic hydroxyl groups is 1. The molecule has 0 aliphatic heterocycles. The minimum atomic E-state index is -0.600. The Kier molecular flexibility index (Phi) is 2.69. The summed E-state index contributed by atoms with van der Waals surface area (Å²) in [6.45, 7) is 1.86. The first-order chi connectivity index (χ1) is 5.57. The summed E-state index contributed by atoms with van der Waals surface area (Å²) in [5.41, 5.74) is 5.59. The highest BCUT2D eigenvalue weighted by Gasteiger charge is 2.43. The maximum Gasteiger partial charge on any atom is 0.322 e. The summed E-state index contributed by atoms with van der Waals surface area (Å²) in [5.74, 6) is -0.215. The van der Waals surface area contributed by atoms with Gasteiger partial charge in [0.1, 0.15) is 6.04 Å². The number of ether oxygens (including phenoxy) is 1. The van der Waals surface area contributed by atoms with Gasteiger partial charge >= 0.3 is 5.97 Å². The van der Waals surface area contributed by atoms with Crippen molar-refractivity contribution in [3.63, 3.8) is 0 Å². The van der Waals surface area contributed by atoms with Crippen molar-refractivity contribution in [1.29, 1.82) is 0 Å². The highest BCUT2D eigenvalue weighted by Crippen LogP contribution is 2.38. The van der Waals surface area contributed by atoms with Crippen LogP contribution in [0.3, 0.4) is 0 Å². The van der Waals surface area contributed by atoms with E-state index >= 15 is 0 Å². The quantitative estimate of drug-likeness (QED) is 0.564. The van der Waals surface area contributed by atoms with E-state index in [2.05, 4.69) is 4.74 Å². The maximum absolute atomic E-state index is 11.0. The monoisotopic (exact) mass is 173 g/mol. The lowest BCUT2D eigenvalue weighted by Gasteiger charge is -2.16. The van der Waals surface area contributed by atoms with Gasteiger partial charge in [0.2, 0.25) is 0 Å². The molecule has 4 heteroatoms. The van der Waals surface area contributed by atoms with Crippen molar-refractivity contribution in [2.24, 2.45) is 17.6 Å². The van der Waals surface area contributed by atoms with E-state index in [1.165, 1.54) is 7.11 Å². The molecule has 12 heavy (non-hydrogen) atoms. The van der Waals surface area contributed by atoms with Crippen LogP contribution in [0.2, 0.25) is 0 Å². The lowest BCUT2D eigenvalue weighted by Crippen LogP contribution is -2.39. The molecule has 1 saturated carbocycles. The maximum atomic E-state index is 11.0. The van der Waals surface area contributed by atoms with Gasteiger partial charge in [0, 0.05) is 0 Å². The molecule has 0 amide bonds. The number of hydrogen-bond donors (Lipinski definition) is 2. The van der Waals surface area contributed by atoms with Crippen LogP contribution in [0.25, 0.3) is 0 Å². The van der Waals surface area contributed by atoms with Gasteiger partial charge in [-0.25, -0.2) is 0 Å². The Morgan fingerprint density at radius 2 is 2.25 bits per heavy atom. The second-order valence-electron chi connectivity index (χ2n) is 3.37. The number of rotatable bonds is 3. The van der Waals surface area contributed by atoms with E-state index in [1.807, 2.05) is 6.92 Å². The van der Waals surface area contributed by atoms with Crippen LogP contribution in [0.1, 0.15) is 13.3 Å². The fourth-order valence-corrected chi connectivity index (χ4v) is 1.38. The zero-order valence-corrected chi connectivity index (χ0v) is 7.36. The van der Waals surface area contributed by atoms with Crippen molar-refractivity contribution in [2.45, 2.75) is 25.5 Å². The van der Waals surface area contributed by atoms with Gasteiger partial charge in [0.15, 0.2) is 0 Å². The molecule has 4 nitrogen and oxygen atoms in total. The second kappa shape index (κ2) is 3.41. The minimum absolute atomic E-state index is 0.00690. The molecule has 0 spiro atoms. The van der Waals surface area contributed by atoms with Crippen molar-refractivity contribution in [3.8, 4) is 0 Å². The third-order valence-corrected chi connectivity index (χ3v) is 2.52. The van der Waals surface area contributed by atoms with E-state index in [0.717, 1.165) is 6.42 Å². The summed E-state index contributed by atoms with van der Waals surface area (Å²) in [4.78, 5) is 11.0. The molecule has 0 aromatic rings. The van der Waals surface area contributed by atoms with Gasteiger partial charge in [0.05, 0.1) is 13.2 Å². The fraction of sp³-hybridized carbons (Fsp3) is 0.875. The summed E-state index contributed by atoms with van der Waals surface area (Å²) < 4.78 is 4.50. The van der Waals surface area contributed by atoms with Crippen LogP contribution in [0.15, 0.2) is 0 Å². The molecular weight excluding hydrogens is 158 g/mol. The van der Waals surface area contributed by atoms with Crippen LogP contribution in [0.4, 0.5) is 0 Å². The molecule has 1 aliphatic carbocycles. The van der Waals surface area contributed by atoms with Gasteiger partial charge in [-0.1, -0.05) is 6.92 Å². The van der Waals surface area contributed by atoms with Gasteiger partial charge < -0.3 is 15.6 Å². The highest BCUT2D eigenvalue weighted by atomic mass is 16.5. The van der Waals surface area contributed by atoms with E-state index in [0.29, 0.717) is 0 Å². The lowest BCUT2D eigenvalue weighted by atomic mass is 9.97. The van der Waals surface area contributed by atoms with Crippen molar-refractivity contribution < 1.29 is 14.6 Å². The number of carbonyl (C=O) groups is 1. The Bertz CT molecular complexity index is 183. The third-order valence-electron chi connectivity index (χ3n) is 2.52. The molecule has 0 bridgehead atoms. The van der Waals surface area contributed by atoms with Gasteiger partial charge in [-0.3, -0.25) is 4.79 Å². The predicted octanol–water partition coefficient (Wildman–Crippen LogP) is -0.496. The third kappa shape index (κ3) is 1.76. The largest absolute Gasteiger partial charge is 0.468 e. The molecule has 1 fully saturated rings. The summed E-state index contributed by atoms with van der Waals surface area (Å²) in [6, 6.07) is -0.600. The van der Waals surface area contributed by atoms with Crippen molar-refractivity contribution in [1.82, 2.24) is 0 Å². The zero-order chi connectivity index (χ0) is 9.30. The number of hydrogen-bond acceptors (Lipinski definition) is 4. The smallest absolute Gasteiger partial charge is 0.322 e. The molecule has 0 aromatic heterocycles. The number of nitrogens with two attached hydrogens (primary N) is 1. The van der Waals surface area contributed by atoms with Crippen LogP contribution < -0.4 is 5.73 Å². The zero-order valence-electron chi connectivity index (χ0n) is 7.36. The molecular formula is C8H15NO3. The Balaban J connectivity index is 2.41. The number of carbonyl (C=O) groups excluding carboxylic acids is 1. The van der Waals surface area contributed by atoms with E-state index in [4.69, 9.17) is 10.8 Å². The topological polar surface area (TPSA) is 72.5 Å². The Morgan fingerprint density at radius 1 is 1.75 bits per heavy atom. The number of esters is 1. The second-order valence-corrected chi connectivity index (χ2v) is 3.37. The van der Waals surface area contributed by atoms with Gasteiger partial charge in [-0.05, 0) is 18.3 Å². The lowest BCUT2D eigenvalue weighted by molar-refractivity contribution is -0.143. The minimum Gasteiger partial charge on any atom is -0.468 e. The molecule has 1 aliphatic rings. The van der Waals surface area contributed by atoms with Gasteiger partial charge in [0.25, 0.3) is 0 Å². The molecule has 70 valence electrons. The Labute approximate surface area is 71.7 Å². The molecule has 3 N–H and O–H groups in total. The first-order valence-corrected chi connectivity index (χ1v) is 4.09. The molecule has 0 radical (unpaired) electrons. The first-order valence-electron chi connectivity index (χ1n) is 4.09. The summed E-state index contributed by atoms with van der Waals surface area (Å²) in [6.07, 6.45) is 0.488. The molecule has 4 atom stereocenters. The molecule has 0 heterocycles. The first kappa shape index (κ1) is 9.48. The van der Waals surface area contributed by atoms with E-state index in [1.54, 1.807) is 0 Å². The number of methoxy groups -OCH3 is 1. The molecule has 0 aromatic carbocycles. The van der Waals surface area contributed by atoms with E-state index in [-0.39, 0.29) is 17.9 Å². The standard InChI is InChI=1S/C8H15NO3/c1-4(5-3-6(5)10)7(9)8(11)12-2/h4-7,10H,3,9H2,1-2H3/t4-,5+,6-,7+/m1/s1. The number of aliphatic hydroxyl groups excluding tert-OH is 1. The normalized spacial score (nSPS) is 32.3. The van der Waals surface area contributed by atoms with Crippen molar-refractivity contribution in [3.05, 3.63) is 0 Å². The van der Waals surface area contributed by atoms with Gasteiger partial charge in [-0.2, -0.15) is 0 Å². The fourth-order valence-electron chi connectivity index (χ4n) is 1.38. The van der Waals surface area contributed by atoms with Crippen LogP contribution in [-0.2, 0) is 9.53 Å². The van der Waals surface area contributed by atoms with Crippen LogP contribution in [-0.4, -0.2) is 30.3 Å². The van der Waals surface area contributed by atoms with E-state index in [9.17, 15) is 4.79 Å². The molecule has 1 rings (SSSR count). The van der Waals surface area contributed by atoms with Crippen molar-refractivity contribution in [2.75, 3.05) is 7.11 Å². The van der Waals surface area contributed by atoms with Crippen LogP contribution in [0.5, 0.6) is 0 Å². The highest BCUT2D eigenvalue weighted by molar-refractivity contribution is 5.75. The van der Waals surface area contributed by atoms with Crippen LogP contribution >= 0.6 is 0 Å². The Hall–Kier alpha value is -0.610. The summed E-state index contributed by atoms with van der Waals surface area (Å²) in [5, 5.41) is 9.09. The SMILES string of the molecule is COC(=O)[C@@H](N)[C@H](C)[C@@H]1C[C@H]1O. The Morgan fingerprint density at radius 3 is 2.58 bits per heavy atom. The molecule has 0 saturated heterocycles. The van der Waals surface area contributed by atoms with Crippen molar-refractivity contribution >= 4 is 5.97 Å². The summed E-state index contributed by atoms with van der Waals surface area (Å²) >= 11 is 0. The van der Waals surface area contributed by atoms with E-state index < -0.39 is 12.0 Å². The predicted molar refractivity (Wildman–Crippen MR) is 43.3 cm³/mol. The average molecular weight is 173 g/mol. The molecule has 0 unspecified atom stereocenters. The summed E-state index contributed by atoms with van der Waals surface area (Å²) in [7, 11) is 1.32. The van der Waals surface area contributed by atoms with Gasteiger partial charge in [-0.15, -0.1) is 0 Å². The van der Waals surface area contributed by atoms with Crippen LogP contribution in [0, 0.1) is 11.8 Å². The average Bonchev–Trinajstić information content (AvgIpc) is 2.78.